The molecule has 2 aromatic carbocycles. The molecule has 0 aliphatic heterocycles. The summed E-state index contributed by atoms with van der Waals surface area (Å²) in [7, 11) is 0. The molecule has 0 aliphatic carbocycles. The number of carbonyl (C=O) groups excluding carboxylic acids is 1. The van der Waals surface area contributed by atoms with Gasteiger partial charge in [-0.05, 0) is 28.8 Å². The average Bonchev–Trinajstić information content (AvgIpc) is 2.46. The largest absolute Gasteiger partial charge is 0.326 e. The number of hydrogen-bond donors (Lipinski definition) is 1. The molecule has 3 nitrogen and oxygen atoms in total. The maximum absolute atomic E-state index is 11.2. The van der Waals surface area contributed by atoms with E-state index in [1.165, 1.54) is 13.1 Å². The van der Waals surface area contributed by atoms with Crippen LogP contribution in [0.3, 0.4) is 0 Å². The van der Waals surface area contributed by atoms with Crippen LogP contribution in [-0.4, -0.2) is 5.91 Å². The van der Waals surface area contributed by atoms with Crippen LogP contribution in [0.25, 0.3) is 22.0 Å². The number of benzene rings is 2. The molecule has 0 radical (unpaired) electrons. The van der Waals surface area contributed by atoms with Gasteiger partial charge < -0.3 is 5.32 Å². The fourth-order valence-corrected chi connectivity index (χ4v) is 1.97. The molecule has 98 valence electrons. The van der Waals surface area contributed by atoms with E-state index in [2.05, 4.69) is 10.2 Å². The summed E-state index contributed by atoms with van der Waals surface area (Å²) in [6.45, 7) is 8.32. The van der Waals surface area contributed by atoms with Gasteiger partial charge in [-0.1, -0.05) is 42.5 Å². The number of amides is 1. The second-order valence-electron chi connectivity index (χ2n) is 4.29. The van der Waals surface area contributed by atoms with E-state index in [1.807, 2.05) is 48.5 Å². The Morgan fingerprint density at radius 2 is 1.95 bits per heavy atom. The summed E-state index contributed by atoms with van der Waals surface area (Å²) in [5.41, 5.74) is 3.72. The van der Waals surface area contributed by atoms with Crippen LogP contribution in [0.2, 0.25) is 0 Å². The maximum Gasteiger partial charge on any atom is 0.221 e. The quantitative estimate of drug-likeness (QED) is 0.826. The summed E-state index contributed by atoms with van der Waals surface area (Å²) in [6.07, 6.45) is 3.20. The van der Waals surface area contributed by atoms with E-state index in [1.54, 1.807) is 6.08 Å². The predicted octanol–water partition coefficient (Wildman–Crippen LogP) is 4.20. The average molecular weight is 262 g/mol. The molecular weight excluding hydrogens is 248 g/mol. The Hall–Kier alpha value is -2.86. The standard InChI is InChI=1S/C17H14N2O/c1-13(20)19-16-9-8-15(10-11-18-2)17(12-16)14-6-4-3-5-7-14/h3-12H,1H3,(H,19,20)/b11-10+. The van der Waals surface area contributed by atoms with Crippen LogP contribution in [0.5, 0.6) is 0 Å². The fourth-order valence-electron chi connectivity index (χ4n) is 1.97. The predicted molar refractivity (Wildman–Crippen MR) is 81.8 cm³/mol. The molecule has 0 heterocycles. The van der Waals surface area contributed by atoms with Crippen LogP contribution in [-0.2, 0) is 4.79 Å². The zero-order valence-corrected chi connectivity index (χ0v) is 11.1. The van der Waals surface area contributed by atoms with Gasteiger partial charge in [-0.3, -0.25) is 4.79 Å². The van der Waals surface area contributed by atoms with E-state index in [9.17, 15) is 4.79 Å². The Balaban J connectivity index is 2.51. The normalized spacial score (nSPS) is 10.2. The molecular formula is C17H14N2O. The fraction of sp³-hybridized carbons (Fsp3) is 0.0588. The molecule has 2 rings (SSSR count). The lowest BCUT2D eigenvalue weighted by Gasteiger charge is -2.10. The van der Waals surface area contributed by atoms with Crippen LogP contribution in [0.4, 0.5) is 5.69 Å². The first-order chi connectivity index (χ1) is 9.70. The van der Waals surface area contributed by atoms with E-state index in [0.717, 1.165) is 22.4 Å². The monoisotopic (exact) mass is 262 g/mol. The highest BCUT2D eigenvalue weighted by Crippen LogP contribution is 2.28. The van der Waals surface area contributed by atoms with Gasteiger partial charge in [-0.25, -0.2) is 4.85 Å². The SMILES string of the molecule is [C-]#[N+]/C=C/c1ccc(NC(C)=O)cc1-c1ccccc1. The number of carbonyl (C=O) groups is 1. The molecule has 1 amide bonds. The van der Waals surface area contributed by atoms with Crippen LogP contribution >= 0.6 is 0 Å². The summed E-state index contributed by atoms with van der Waals surface area (Å²) in [5, 5.41) is 2.77. The highest BCUT2D eigenvalue weighted by atomic mass is 16.1. The molecule has 0 spiro atoms. The Bertz CT molecular complexity index is 682. The summed E-state index contributed by atoms with van der Waals surface area (Å²) in [6, 6.07) is 15.5. The third-order valence-corrected chi connectivity index (χ3v) is 2.79. The van der Waals surface area contributed by atoms with Crippen molar-refractivity contribution in [3.05, 3.63) is 71.7 Å². The summed E-state index contributed by atoms with van der Waals surface area (Å²) in [5.74, 6) is -0.103. The molecule has 0 aromatic heterocycles. The molecule has 0 atom stereocenters. The van der Waals surface area contributed by atoms with Gasteiger partial charge in [0, 0.05) is 12.6 Å². The van der Waals surface area contributed by atoms with E-state index in [-0.39, 0.29) is 5.91 Å². The van der Waals surface area contributed by atoms with E-state index < -0.39 is 0 Å². The topological polar surface area (TPSA) is 33.5 Å². The first kappa shape index (κ1) is 13.6. The van der Waals surface area contributed by atoms with Gasteiger partial charge in [-0.2, -0.15) is 0 Å². The van der Waals surface area contributed by atoms with Gasteiger partial charge in [-0.15, -0.1) is 0 Å². The van der Waals surface area contributed by atoms with Crippen molar-refractivity contribution in [1.82, 2.24) is 0 Å². The maximum atomic E-state index is 11.2. The van der Waals surface area contributed by atoms with Gasteiger partial charge in [0.2, 0.25) is 5.91 Å². The van der Waals surface area contributed by atoms with Gasteiger partial charge >= 0.3 is 0 Å². The summed E-state index contributed by atoms with van der Waals surface area (Å²) >= 11 is 0. The van der Waals surface area contributed by atoms with Crippen molar-refractivity contribution in [2.75, 3.05) is 5.32 Å². The minimum Gasteiger partial charge on any atom is -0.326 e. The molecule has 0 aliphatic rings. The van der Waals surface area contributed by atoms with Crippen molar-refractivity contribution < 1.29 is 4.79 Å². The van der Waals surface area contributed by atoms with Gasteiger partial charge in [0.15, 0.2) is 6.20 Å². The van der Waals surface area contributed by atoms with E-state index in [4.69, 9.17) is 6.57 Å². The molecule has 0 saturated carbocycles. The van der Waals surface area contributed by atoms with Crippen molar-refractivity contribution in [2.45, 2.75) is 6.92 Å². The highest BCUT2D eigenvalue weighted by molar-refractivity contribution is 5.90. The lowest BCUT2D eigenvalue weighted by Crippen LogP contribution is -2.05. The van der Waals surface area contributed by atoms with Crippen LogP contribution in [0.15, 0.2) is 54.7 Å². The Morgan fingerprint density at radius 3 is 2.60 bits per heavy atom. The summed E-state index contributed by atoms with van der Waals surface area (Å²) in [4.78, 5) is 14.4. The van der Waals surface area contributed by atoms with Crippen molar-refractivity contribution in [3.8, 4) is 11.1 Å². The van der Waals surface area contributed by atoms with Gasteiger partial charge in [0.25, 0.3) is 0 Å². The minimum atomic E-state index is -0.103. The smallest absolute Gasteiger partial charge is 0.221 e. The van der Waals surface area contributed by atoms with Gasteiger partial charge in [0.1, 0.15) is 0 Å². The van der Waals surface area contributed by atoms with E-state index in [0.29, 0.717) is 0 Å². The highest BCUT2D eigenvalue weighted by Gasteiger charge is 2.05. The Morgan fingerprint density at radius 1 is 1.20 bits per heavy atom. The zero-order chi connectivity index (χ0) is 14.4. The van der Waals surface area contributed by atoms with Gasteiger partial charge in [0.05, 0.1) is 6.57 Å². The van der Waals surface area contributed by atoms with Crippen LogP contribution in [0, 0.1) is 6.57 Å². The number of anilines is 1. The van der Waals surface area contributed by atoms with Crippen LogP contribution < -0.4 is 5.32 Å². The molecule has 0 bridgehead atoms. The zero-order valence-electron chi connectivity index (χ0n) is 11.1. The summed E-state index contributed by atoms with van der Waals surface area (Å²) < 4.78 is 0. The van der Waals surface area contributed by atoms with Crippen molar-refractivity contribution in [3.63, 3.8) is 0 Å². The molecule has 2 aromatic rings. The second-order valence-corrected chi connectivity index (χ2v) is 4.29. The van der Waals surface area contributed by atoms with Crippen molar-refractivity contribution >= 4 is 17.7 Å². The molecule has 0 unspecified atom stereocenters. The third kappa shape index (κ3) is 3.33. The van der Waals surface area contributed by atoms with Crippen molar-refractivity contribution in [2.24, 2.45) is 0 Å². The first-order valence-electron chi connectivity index (χ1n) is 6.21. The lowest BCUT2D eigenvalue weighted by atomic mass is 9.99. The molecule has 0 saturated heterocycles. The molecule has 3 heteroatoms. The molecule has 1 N–H and O–H groups in total. The van der Waals surface area contributed by atoms with Crippen molar-refractivity contribution in [1.29, 1.82) is 0 Å². The van der Waals surface area contributed by atoms with E-state index >= 15 is 0 Å². The number of nitrogens with one attached hydrogen (secondary N) is 1. The second kappa shape index (κ2) is 6.35. The number of rotatable bonds is 3. The number of hydrogen-bond acceptors (Lipinski definition) is 1. The molecule has 0 fully saturated rings. The first-order valence-corrected chi connectivity index (χ1v) is 6.21. The lowest BCUT2D eigenvalue weighted by molar-refractivity contribution is -0.114. The number of nitrogens with zero attached hydrogens (tertiary/aromatic N) is 1. The third-order valence-electron chi connectivity index (χ3n) is 2.79. The minimum absolute atomic E-state index is 0.103. The van der Waals surface area contributed by atoms with Crippen LogP contribution in [0.1, 0.15) is 12.5 Å². The Labute approximate surface area is 118 Å². The Kier molecular flexibility index (Phi) is 4.31. The molecule has 20 heavy (non-hydrogen) atoms.